The lowest BCUT2D eigenvalue weighted by molar-refractivity contribution is -0.276. The number of aromatic hydroxyl groups is 1. The molecule has 5 nitrogen and oxygen atoms in total. The van der Waals surface area contributed by atoms with E-state index in [2.05, 4.69) is 14.5 Å². The van der Waals surface area contributed by atoms with Crippen molar-refractivity contribution in [2.24, 2.45) is 0 Å². The Balaban J connectivity index is 3.30. The fraction of sp³-hybridized carbons (Fsp3) is 0.455. The second-order valence-electron chi connectivity index (χ2n) is 3.84. The molecule has 1 N–H and O–H groups in total. The zero-order valence-corrected chi connectivity index (χ0v) is 10.9. The van der Waals surface area contributed by atoms with Crippen molar-refractivity contribution in [1.29, 1.82) is 0 Å². The number of hydrogen-bond donors (Lipinski definition) is 1. The first-order chi connectivity index (χ1) is 9.95. The molecule has 22 heavy (non-hydrogen) atoms. The van der Waals surface area contributed by atoms with Crippen LogP contribution in [-0.2, 0) is 22.1 Å². The Morgan fingerprint density at radius 3 is 2.32 bits per heavy atom. The van der Waals surface area contributed by atoms with E-state index in [1.54, 1.807) is 0 Å². The molecule has 0 radical (unpaired) electrons. The van der Waals surface area contributed by atoms with Crippen LogP contribution >= 0.6 is 0 Å². The highest BCUT2D eigenvalue weighted by molar-refractivity contribution is 5.73. The smallest absolute Gasteiger partial charge is 0.503 e. The molecule has 1 aromatic heterocycles. The number of hydrogen-bond acceptors (Lipinski definition) is 5. The molecule has 0 aliphatic rings. The summed E-state index contributed by atoms with van der Waals surface area (Å²) < 4.78 is 82.4. The first-order valence-corrected chi connectivity index (χ1v) is 5.65. The maximum absolute atomic E-state index is 12.9. The number of pyridine rings is 1. The molecule has 0 amide bonds. The van der Waals surface area contributed by atoms with E-state index in [1.165, 1.54) is 6.92 Å². The predicted octanol–water partition coefficient (Wildman–Crippen LogP) is 2.81. The third kappa shape index (κ3) is 4.67. The molecule has 124 valence electrons. The average molecular weight is 333 g/mol. The van der Waals surface area contributed by atoms with Crippen LogP contribution in [0.25, 0.3) is 0 Å². The Bertz CT molecular complexity index is 555. The van der Waals surface area contributed by atoms with E-state index in [9.17, 15) is 36.2 Å². The predicted molar refractivity (Wildman–Crippen MR) is 57.9 cm³/mol. The van der Waals surface area contributed by atoms with E-state index < -0.39 is 47.7 Å². The van der Waals surface area contributed by atoms with Crippen molar-refractivity contribution in [1.82, 2.24) is 4.98 Å². The quantitative estimate of drug-likeness (QED) is 0.678. The zero-order valence-electron chi connectivity index (χ0n) is 10.9. The highest BCUT2D eigenvalue weighted by atomic mass is 19.4. The summed E-state index contributed by atoms with van der Waals surface area (Å²) in [6.07, 6.45) is -11.1. The third-order valence-corrected chi connectivity index (χ3v) is 2.23. The van der Waals surface area contributed by atoms with Gasteiger partial charge in [-0.15, -0.1) is 13.2 Å². The molecule has 0 aliphatic heterocycles. The first-order valence-electron chi connectivity index (χ1n) is 5.65. The van der Waals surface area contributed by atoms with E-state index in [-0.39, 0.29) is 6.61 Å². The topological polar surface area (TPSA) is 68.7 Å². The summed E-state index contributed by atoms with van der Waals surface area (Å²) in [4.78, 5) is 14.2. The van der Waals surface area contributed by atoms with Gasteiger partial charge in [-0.3, -0.25) is 4.79 Å². The number of carbonyl (C=O) groups is 1. The minimum absolute atomic E-state index is 0.102. The van der Waals surface area contributed by atoms with Crippen molar-refractivity contribution in [3.8, 4) is 11.6 Å². The molecule has 0 atom stereocenters. The largest absolute Gasteiger partial charge is 0.574 e. The Morgan fingerprint density at radius 1 is 1.27 bits per heavy atom. The van der Waals surface area contributed by atoms with E-state index in [0.717, 1.165) is 0 Å². The minimum Gasteiger partial charge on any atom is -0.503 e. The summed E-state index contributed by atoms with van der Waals surface area (Å²) in [6.45, 7) is 1.31. The van der Waals surface area contributed by atoms with Gasteiger partial charge in [-0.25, -0.2) is 4.98 Å². The van der Waals surface area contributed by atoms with Gasteiger partial charge >= 0.3 is 18.5 Å². The van der Waals surface area contributed by atoms with Crippen LogP contribution < -0.4 is 4.74 Å². The number of carbonyl (C=O) groups excluding carboxylic acids is 1. The van der Waals surface area contributed by atoms with E-state index >= 15 is 0 Å². The summed E-state index contributed by atoms with van der Waals surface area (Å²) in [5, 5.41) is 9.35. The Morgan fingerprint density at radius 2 is 1.86 bits per heavy atom. The van der Waals surface area contributed by atoms with Crippen LogP contribution in [0.2, 0.25) is 0 Å². The summed E-state index contributed by atoms with van der Waals surface area (Å²) in [6, 6.07) is 0. The molecule has 0 bridgehead atoms. The zero-order chi connectivity index (χ0) is 17.1. The van der Waals surface area contributed by atoms with Crippen LogP contribution in [0.4, 0.5) is 26.3 Å². The van der Waals surface area contributed by atoms with Crippen LogP contribution in [0.15, 0.2) is 6.20 Å². The normalized spacial score (nSPS) is 12.1. The third-order valence-electron chi connectivity index (χ3n) is 2.23. The SMILES string of the molecule is CCOC(=O)Cc1cnc(OC(F)(F)F)c(O)c1C(F)(F)F. The van der Waals surface area contributed by atoms with Crippen molar-refractivity contribution >= 4 is 5.97 Å². The van der Waals surface area contributed by atoms with E-state index in [4.69, 9.17) is 0 Å². The van der Waals surface area contributed by atoms with Gasteiger partial charge in [-0.05, 0) is 12.5 Å². The van der Waals surface area contributed by atoms with Crippen molar-refractivity contribution in [3.05, 3.63) is 17.3 Å². The van der Waals surface area contributed by atoms with Gasteiger partial charge in [-0.2, -0.15) is 13.2 Å². The molecular formula is C11H9F6NO4. The molecule has 0 spiro atoms. The van der Waals surface area contributed by atoms with Crippen molar-refractivity contribution in [2.45, 2.75) is 25.9 Å². The lowest BCUT2D eigenvalue weighted by Gasteiger charge is -2.16. The average Bonchev–Trinajstić information content (AvgIpc) is 2.29. The summed E-state index contributed by atoms with van der Waals surface area (Å²) in [7, 11) is 0. The van der Waals surface area contributed by atoms with E-state index in [1.807, 2.05) is 0 Å². The molecular weight excluding hydrogens is 324 g/mol. The van der Waals surface area contributed by atoms with Crippen LogP contribution in [-0.4, -0.2) is 29.0 Å². The summed E-state index contributed by atoms with van der Waals surface area (Å²) >= 11 is 0. The number of halogens is 6. The van der Waals surface area contributed by atoms with Gasteiger partial charge in [0.1, 0.15) is 5.56 Å². The number of esters is 1. The monoisotopic (exact) mass is 333 g/mol. The number of ether oxygens (including phenoxy) is 2. The molecule has 0 saturated carbocycles. The van der Waals surface area contributed by atoms with Gasteiger partial charge in [0.2, 0.25) is 0 Å². The van der Waals surface area contributed by atoms with Crippen LogP contribution in [0.5, 0.6) is 11.6 Å². The number of rotatable bonds is 4. The first kappa shape index (κ1) is 17.9. The Labute approximate surface area is 119 Å². The molecule has 0 aliphatic carbocycles. The summed E-state index contributed by atoms with van der Waals surface area (Å²) in [5.74, 6) is -4.57. The molecule has 0 aromatic carbocycles. The van der Waals surface area contributed by atoms with Gasteiger partial charge in [0.15, 0.2) is 5.75 Å². The van der Waals surface area contributed by atoms with Crippen LogP contribution in [0.1, 0.15) is 18.1 Å². The van der Waals surface area contributed by atoms with E-state index in [0.29, 0.717) is 6.20 Å². The Kier molecular flexibility index (Phi) is 5.09. The lowest BCUT2D eigenvalue weighted by Crippen LogP contribution is -2.20. The highest BCUT2D eigenvalue weighted by Gasteiger charge is 2.41. The van der Waals surface area contributed by atoms with Crippen molar-refractivity contribution in [2.75, 3.05) is 6.61 Å². The van der Waals surface area contributed by atoms with Gasteiger partial charge in [0.25, 0.3) is 5.88 Å². The fourth-order valence-electron chi connectivity index (χ4n) is 1.52. The molecule has 11 heteroatoms. The molecule has 1 rings (SSSR count). The minimum atomic E-state index is -5.34. The lowest BCUT2D eigenvalue weighted by atomic mass is 10.1. The maximum atomic E-state index is 12.9. The molecule has 0 saturated heterocycles. The molecule has 1 aromatic rings. The highest BCUT2D eigenvalue weighted by Crippen LogP contribution is 2.43. The molecule has 1 heterocycles. The number of alkyl halides is 6. The van der Waals surface area contributed by atoms with Crippen LogP contribution in [0, 0.1) is 0 Å². The van der Waals surface area contributed by atoms with Gasteiger partial charge in [-0.1, -0.05) is 0 Å². The number of nitrogens with zero attached hydrogens (tertiary/aromatic N) is 1. The van der Waals surface area contributed by atoms with Gasteiger partial charge in [0, 0.05) is 6.20 Å². The second kappa shape index (κ2) is 6.28. The van der Waals surface area contributed by atoms with Crippen LogP contribution in [0.3, 0.4) is 0 Å². The van der Waals surface area contributed by atoms with Gasteiger partial charge in [0.05, 0.1) is 13.0 Å². The van der Waals surface area contributed by atoms with Crippen molar-refractivity contribution < 1.29 is 45.7 Å². The number of aromatic nitrogens is 1. The maximum Gasteiger partial charge on any atom is 0.574 e. The second-order valence-corrected chi connectivity index (χ2v) is 3.84. The molecule has 0 unspecified atom stereocenters. The van der Waals surface area contributed by atoms with Gasteiger partial charge < -0.3 is 14.6 Å². The standard InChI is InChI=1S/C11H9F6NO4/c1-2-21-6(19)3-5-4-18-9(22-11(15,16)17)8(20)7(5)10(12,13)14/h4,20H,2-3H2,1H3. The molecule has 0 fully saturated rings. The Hall–Kier alpha value is -2.20. The van der Waals surface area contributed by atoms with Crippen molar-refractivity contribution in [3.63, 3.8) is 0 Å². The fourth-order valence-corrected chi connectivity index (χ4v) is 1.52. The summed E-state index contributed by atoms with van der Waals surface area (Å²) in [5.41, 5.74) is -2.67.